The van der Waals surface area contributed by atoms with Crippen molar-refractivity contribution in [3.05, 3.63) is 54.2 Å². The maximum Gasteiger partial charge on any atom is 0.224 e. The largest absolute Gasteiger partial charge is 0.364 e. The molecule has 1 heterocycles. The summed E-state index contributed by atoms with van der Waals surface area (Å²) in [5.41, 5.74) is 1.92. The van der Waals surface area contributed by atoms with E-state index in [1.165, 1.54) is 5.56 Å². The van der Waals surface area contributed by atoms with Crippen molar-refractivity contribution in [2.75, 3.05) is 10.6 Å². The van der Waals surface area contributed by atoms with Crippen LogP contribution in [0.4, 0.5) is 11.5 Å². The van der Waals surface area contributed by atoms with Crippen LogP contribution < -0.4 is 10.6 Å². The molecular weight excluding hydrogens is 250 g/mol. The molecule has 1 aromatic heterocycles. The van der Waals surface area contributed by atoms with Gasteiger partial charge >= 0.3 is 0 Å². The van der Waals surface area contributed by atoms with Crippen LogP contribution in [0.1, 0.15) is 31.9 Å². The molecule has 1 amide bonds. The minimum Gasteiger partial charge on any atom is -0.364 e. The fraction of sp³-hybridized carbons (Fsp3) is 0.250. The van der Waals surface area contributed by atoms with Gasteiger partial charge in [-0.1, -0.05) is 37.3 Å². The number of benzene rings is 1. The number of pyridine rings is 1. The molecule has 0 saturated carbocycles. The quantitative estimate of drug-likeness (QED) is 0.872. The van der Waals surface area contributed by atoms with Gasteiger partial charge in [0, 0.05) is 12.5 Å². The Balaban J connectivity index is 1.98. The molecule has 0 saturated heterocycles. The van der Waals surface area contributed by atoms with Gasteiger partial charge in [0.1, 0.15) is 5.82 Å². The topological polar surface area (TPSA) is 54.0 Å². The van der Waals surface area contributed by atoms with Gasteiger partial charge in [0.25, 0.3) is 0 Å². The van der Waals surface area contributed by atoms with Crippen molar-refractivity contribution >= 4 is 17.4 Å². The molecule has 2 aromatic rings. The van der Waals surface area contributed by atoms with Gasteiger partial charge in [-0.2, -0.15) is 0 Å². The molecule has 0 aliphatic carbocycles. The second-order valence-corrected chi connectivity index (χ2v) is 4.61. The lowest BCUT2D eigenvalue weighted by Crippen LogP contribution is -2.11. The number of amides is 1. The molecule has 2 N–H and O–H groups in total. The highest BCUT2D eigenvalue weighted by Crippen LogP contribution is 2.18. The van der Waals surface area contributed by atoms with Gasteiger partial charge in [-0.25, -0.2) is 4.98 Å². The second-order valence-electron chi connectivity index (χ2n) is 4.61. The van der Waals surface area contributed by atoms with Crippen molar-refractivity contribution in [2.24, 2.45) is 0 Å². The van der Waals surface area contributed by atoms with Crippen molar-refractivity contribution in [3.63, 3.8) is 0 Å². The summed E-state index contributed by atoms with van der Waals surface area (Å²) in [6.45, 7) is 3.91. The number of nitrogens with one attached hydrogen (secondary N) is 2. The Morgan fingerprint density at radius 1 is 1.20 bits per heavy atom. The number of carbonyl (C=O) groups excluding carboxylic acids is 1. The summed E-state index contributed by atoms with van der Waals surface area (Å²) >= 11 is 0. The number of hydrogen-bond acceptors (Lipinski definition) is 3. The maximum absolute atomic E-state index is 11.3. The predicted molar refractivity (Wildman–Crippen MR) is 81.6 cm³/mol. The molecule has 0 aliphatic rings. The van der Waals surface area contributed by atoms with Crippen LogP contribution >= 0.6 is 0 Å². The average Bonchev–Trinajstić information content (AvgIpc) is 2.50. The molecule has 0 spiro atoms. The van der Waals surface area contributed by atoms with E-state index >= 15 is 0 Å². The summed E-state index contributed by atoms with van der Waals surface area (Å²) in [6.07, 6.45) is 2.12. The number of anilines is 2. The monoisotopic (exact) mass is 269 g/mol. The van der Waals surface area contributed by atoms with Crippen molar-refractivity contribution < 1.29 is 4.79 Å². The van der Waals surface area contributed by atoms with E-state index in [0.29, 0.717) is 6.42 Å². The van der Waals surface area contributed by atoms with Crippen molar-refractivity contribution in [1.29, 1.82) is 0 Å². The summed E-state index contributed by atoms with van der Waals surface area (Å²) < 4.78 is 0. The highest BCUT2D eigenvalue weighted by Gasteiger charge is 2.05. The van der Waals surface area contributed by atoms with Crippen molar-refractivity contribution in [2.45, 2.75) is 26.3 Å². The Hall–Kier alpha value is -2.36. The van der Waals surface area contributed by atoms with E-state index in [-0.39, 0.29) is 11.9 Å². The van der Waals surface area contributed by atoms with Crippen LogP contribution in [0.5, 0.6) is 0 Å². The van der Waals surface area contributed by atoms with Crippen molar-refractivity contribution in [1.82, 2.24) is 4.98 Å². The maximum atomic E-state index is 11.3. The Morgan fingerprint density at radius 3 is 2.55 bits per heavy atom. The van der Waals surface area contributed by atoms with Gasteiger partial charge in [0.05, 0.1) is 11.9 Å². The Morgan fingerprint density at radius 2 is 1.95 bits per heavy atom. The highest BCUT2D eigenvalue weighted by molar-refractivity contribution is 5.90. The smallest absolute Gasteiger partial charge is 0.224 e. The first-order chi connectivity index (χ1) is 9.69. The molecule has 4 nitrogen and oxygen atoms in total. The Kier molecular flexibility index (Phi) is 4.71. The Labute approximate surface area is 119 Å². The molecule has 20 heavy (non-hydrogen) atoms. The molecule has 2 rings (SSSR count). The number of rotatable bonds is 5. The van der Waals surface area contributed by atoms with E-state index in [9.17, 15) is 4.79 Å². The fourth-order valence-corrected chi connectivity index (χ4v) is 1.85. The highest BCUT2D eigenvalue weighted by atomic mass is 16.1. The lowest BCUT2D eigenvalue weighted by Gasteiger charge is -2.15. The van der Waals surface area contributed by atoms with E-state index in [1.54, 1.807) is 6.20 Å². The fourth-order valence-electron chi connectivity index (χ4n) is 1.85. The van der Waals surface area contributed by atoms with Crippen LogP contribution in [0.2, 0.25) is 0 Å². The van der Waals surface area contributed by atoms with Gasteiger partial charge < -0.3 is 10.6 Å². The van der Waals surface area contributed by atoms with E-state index in [0.717, 1.165) is 11.5 Å². The summed E-state index contributed by atoms with van der Waals surface area (Å²) in [4.78, 5) is 15.6. The van der Waals surface area contributed by atoms with Gasteiger partial charge in [-0.15, -0.1) is 0 Å². The average molecular weight is 269 g/mol. The zero-order valence-corrected chi connectivity index (χ0v) is 11.8. The lowest BCUT2D eigenvalue weighted by molar-refractivity contribution is -0.115. The van der Waals surface area contributed by atoms with E-state index in [4.69, 9.17) is 0 Å². The predicted octanol–water partition coefficient (Wildman–Crippen LogP) is 3.60. The van der Waals surface area contributed by atoms with Crippen LogP contribution in [0.3, 0.4) is 0 Å². The van der Waals surface area contributed by atoms with Crippen LogP contribution in [-0.4, -0.2) is 10.9 Å². The van der Waals surface area contributed by atoms with Gasteiger partial charge in [0.2, 0.25) is 5.91 Å². The normalized spacial score (nSPS) is 11.7. The standard InChI is InChI=1S/C16H19N3O/c1-3-16(20)19-14-9-10-15(17-11-14)18-12(2)13-7-5-4-6-8-13/h4-12H,3H2,1-2H3,(H,17,18)(H,19,20). The molecule has 0 fully saturated rings. The molecule has 1 atom stereocenters. The number of carbonyl (C=O) groups is 1. The first kappa shape index (κ1) is 14.1. The van der Waals surface area contributed by atoms with Crippen molar-refractivity contribution in [3.8, 4) is 0 Å². The van der Waals surface area contributed by atoms with Gasteiger partial charge in [-0.05, 0) is 24.6 Å². The lowest BCUT2D eigenvalue weighted by atomic mass is 10.1. The van der Waals surface area contributed by atoms with E-state index < -0.39 is 0 Å². The first-order valence-electron chi connectivity index (χ1n) is 6.76. The summed E-state index contributed by atoms with van der Waals surface area (Å²) in [5.74, 6) is 0.779. The summed E-state index contributed by atoms with van der Waals surface area (Å²) in [6, 6.07) is 14.1. The summed E-state index contributed by atoms with van der Waals surface area (Å²) in [5, 5.41) is 6.10. The minimum atomic E-state index is -0.00911. The molecule has 4 heteroatoms. The van der Waals surface area contributed by atoms with Crippen LogP contribution in [0, 0.1) is 0 Å². The molecule has 0 aliphatic heterocycles. The first-order valence-corrected chi connectivity index (χ1v) is 6.76. The zero-order chi connectivity index (χ0) is 14.4. The number of hydrogen-bond donors (Lipinski definition) is 2. The van der Waals surface area contributed by atoms with Crippen LogP contribution in [-0.2, 0) is 4.79 Å². The minimum absolute atomic E-state index is 0.00911. The second kappa shape index (κ2) is 6.70. The third-order valence-electron chi connectivity index (χ3n) is 3.03. The molecule has 0 radical (unpaired) electrons. The Bertz CT molecular complexity index is 552. The van der Waals surface area contributed by atoms with Gasteiger partial charge in [-0.3, -0.25) is 4.79 Å². The third kappa shape index (κ3) is 3.82. The van der Waals surface area contributed by atoms with Gasteiger partial charge in [0.15, 0.2) is 0 Å². The summed E-state index contributed by atoms with van der Waals surface area (Å²) in [7, 11) is 0. The van der Waals surface area contributed by atoms with E-state index in [1.807, 2.05) is 37.3 Å². The molecular formula is C16H19N3O. The third-order valence-corrected chi connectivity index (χ3v) is 3.03. The molecule has 1 aromatic carbocycles. The molecule has 104 valence electrons. The molecule has 0 bridgehead atoms. The SMILES string of the molecule is CCC(=O)Nc1ccc(NC(C)c2ccccc2)nc1. The van der Waals surface area contributed by atoms with Crippen LogP contribution in [0.15, 0.2) is 48.7 Å². The zero-order valence-electron chi connectivity index (χ0n) is 11.8. The van der Waals surface area contributed by atoms with E-state index in [2.05, 4.69) is 34.7 Å². The van der Waals surface area contributed by atoms with Crippen LogP contribution in [0.25, 0.3) is 0 Å². The number of aromatic nitrogens is 1. The molecule has 1 unspecified atom stereocenters. The number of nitrogens with zero attached hydrogens (tertiary/aromatic N) is 1.